The molecule has 6 atom stereocenters. The van der Waals surface area contributed by atoms with Gasteiger partial charge in [0.05, 0.1) is 17.1 Å². The van der Waals surface area contributed by atoms with E-state index in [1.54, 1.807) is 0 Å². The molecule has 2 aromatic rings. The third-order valence-electron chi connectivity index (χ3n) is 9.51. The summed E-state index contributed by atoms with van der Waals surface area (Å²) in [5, 5.41) is 9.91. The molecule has 4 aliphatic rings. The second-order valence-corrected chi connectivity index (χ2v) is 10.6. The highest BCUT2D eigenvalue weighted by Crippen LogP contribution is 2.66. The minimum Gasteiger partial charge on any atom is -0.299 e. The zero-order valence-corrected chi connectivity index (χ0v) is 17.6. The molecule has 0 unspecified atom stereocenters. The molecule has 1 aromatic carbocycles. The third-order valence-corrected chi connectivity index (χ3v) is 9.51. The van der Waals surface area contributed by atoms with Crippen molar-refractivity contribution < 1.29 is 4.79 Å². The first-order valence-corrected chi connectivity index (χ1v) is 11.6. The number of para-hydroxylation sites is 1. The van der Waals surface area contributed by atoms with Gasteiger partial charge in [-0.05, 0) is 80.2 Å². The fraction of sp³-hybridized carbons (Fsp3) is 0.640. The second-order valence-electron chi connectivity index (χ2n) is 10.6. The van der Waals surface area contributed by atoms with E-state index < -0.39 is 0 Å². The first-order chi connectivity index (χ1) is 14.0. The van der Waals surface area contributed by atoms with Crippen LogP contribution in [0.5, 0.6) is 0 Å². The van der Waals surface area contributed by atoms with Gasteiger partial charge < -0.3 is 0 Å². The van der Waals surface area contributed by atoms with Gasteiger partial charge in [0.15, 0.2) is 0 Å². The topological polar surface area (TPSA) is 47.8 Å². The molecule has 0 amide bonds. The molecule has 0 aliphatic heterocycles. The number of hydrogen-bond acceptors (Lipinski definition) is 3. The summed E-state index contributed by atoms with van der Waals surface area (Å²) in [5.41, 5.74) is 3.81. The van der Waals surface area contributed by atoms with Gasteiger partial charge in [-0.1, -0.05) is 32.0 Å². The summed E-state index contributed by atoms with van der Waals surface area (Å²) in [5.74, 6) is 3.15. The van der Waals surface area contributed by atoms with Crippen LogP contribution in [-0.2, 0) is 11.2 Å². The van der Waals surface area contributed by atoms with Gasteiger partial charge >= 0.3 is 0 Å². The lowest BCUT2D eigenvalue weighted by molar-refractivity contribution is -0.135. The molecule has 4 heteroatoms. The Kier molecular flexibility index (Phi) is 3.71. The molecule has 1 aromatic heterocycles. The van der Waals surface area contributed by atoms with Crippen LogP contribution in [0.2, 0.25) is 0 Å². The average Bonchev–Trinajstić information content (AvgIpc) is 3.29. The molecule has 0 saturated heterocycles. The highest BCUT2D eigenvalue weighted by molar-refractivity contribution is 5.87. The fourth-order valence-corrected chi connectivity index (χ4v) is 7.90. The van der Waals surface area contributed by atoms with Crippen LogP contribution in [-0.4, -0.2) is 20.8 Å². The minimum absolute atomic E-state index is 0.0271. The molecule has 0 bridgehead atoms. The first-order valence-electron chi connectivity index (χ1n) is 11.6. The van der Waals surface area contributed by atoms with Crippen LogP contribution in [0.4, 0.5) is 0 Å². The van der Waals surface area contributed by atoms with Crippen molar-refractivity contribution in [2.75, 3.05) is 0 Å². The normalized spacial score (nSPS) is 40.7. The van der Waals surface area contributed by atoms with Crippen molar-refractivity contribution in [3.8, 4) is 5.69 Å². The molecule has 152 valence electrons. The monoisotopic (exact) mass is 389 g/mol. The number of aryl methyl sites for hydroxylation is 1. The zero-order chi connectivity index (χ0) is 19.8. The first kappa shape index (κ1) is 17.9. The Bertz CT molecular complexity index is 966. The quantitative estimate of drug-likeness (QED) is 0.681. The number of fused-ring (bicyclic) bond motifs is 7. The number of aromatic nitrogens is 3. The van der Waals surface area contributed by atoms with E-state index >= 15 is 0 Å². The molecule has 4 nitrogen and oxygen atoms in total. The lowest BCUT2D eigenvalue weighted by Gasteiger charge is -2.58. The van der Waals surface area contributed by atoms with Crippen LogP contribution < -0.4 is 0 Å². The number of nitrogens with zero attached hydrogens (tertiary/aromatic N) is 3. The van der Waals surface area contributed by atoms with Crippen LogP contribution in [0.15, 0.2) is 30.3 Å². The molecule has 1 heterocycles. The highest BCUT2D eigenvalue weighted by atomic mass is 16.1. The zero-order valence-electron chi connectivity index (χ0n) is 17.6. The summed E-state index contributed by atoms with van der Waals surface area (Å²) in [6.07, 6.45) is 9.00. The van der Waals surface area contributed by atoms with Gasteiger partial charge in [-0.15, -0.1) is 0 Å². The SMILES string of the molecule is C[C@]12CCc3nn(-c4ccccc4)nc3[C@@H]1CC[C@@H]1[C@@H]2CC[C@]2(C)C(=O)CC[C@@H]12. The van der Waals surface area contributed by atoms with Gasteiger partial charge in [0.2, 0.25) is 0 Å². The summed E-state index contributed by atoms with van der Waals surface area (Å²) in [7, 11) is 0. The van der Waals surface area contributed by atoms with E-state index in [0.717, 1.165) is 43.2 Å². The molecule has 4 aliphatic carbocycles. The van der Waals surface area contributed by atoms with E-state index in [4.69, 9.17) is 10.2 Å². The molecule has 0 radical (unpaired) electrons. The van der Waals surface area contributed by atoms with Gasteiger partial charge in [-0.2, -0.15) is 15.0 Å². The van der Waals surface area contributed by atoms with Crippen LogP contribution in [0.1, 0.15) is 76.1 Å². The van der Waals surface area contributed by atoms with Crippen molar-refractivity contribution in [2.45, 2.75) is 71.1 Å². The number of rotatable bonds is 1. The van der Waals surface area contributed by atoms with Crippen LogP contribution in [0, 0.1) is 28.6 Å². The number of carbonyl (C=O) groups is 1. The van der Waals surface area contributed by atoms with E-state index in [1.165, 1.54) is 37.1 Å². The van der Waals surface area contributed by atoms with Crippen LogP contribution >= 0.6 is 0 Å². The summed E-state index contributed by atoms with van der Waals surface area (Å²) < 4.78 is 0. The van der Waals surface area contributed by atoms with Crippen molar-refractivity contribution in [2.24, 2.45) is 28.6 Å². The smallest absolute Gasteiger partial charge is 0.139 e. The number of Topliss-reactive ketones (excluding diaryl/α,β-unsaturated/α-hetero) is 1. The maximum atomic E-state index is 12.6. The van der Waals surface area contributed by atoms with E-state index in [0.29, 0.717) is 23.0 Å². The Labute approximate surface area is 173 Å². The second kappa shape index (κ2) is 6.02. The van der Waals surface area contributed by atoms with Gasteiger partial charge in [-0.25, -0.2) is 0 Å². The van der Waals surface area contributed by atoms with Crippen molar-refractivity contribution in [3.05, 3.63) is 41.7 Å². The Morgan fingerprint density at radius 2 is 1.76 bits per heavy atom. The van der Waals surface area contributed by atoms with Crippen molar-refractivity contribution in [1.29, 1.82) is 0 Å². The number of hydrogen-bond donors (Lipinski definition) is 0. The van der Waals surface area contributed by atoms with Crippen LogP contribution in [0.3, 0.4) is 0 Å². The Balaban J connectivity index is 1.35. The van der Waals surface area contributed by atoms with Gasteiger partial charge in [0.25, 0.3) is 0 Å². The fourth-order valence-electron chi connectivity index (χ4n) is 7.90. The van der Waals surface area contributed by atoms with E-state index in [9.17, 15) is 4.79 Å². The van der Waals surface area contributed by atoms with E-state index in [-0.39, 0.29) is 5.41 Å². The summed E-state index contributed by atoms with van der Waals surface area (Å²) in [6, 6.07) is 10.3. The van der Waals surface area contributed by atoms with Gasteiger partial charge in [0.1, 0.15) is 5.78 Å². The number of ketones is 1. The van der Waals surface area contributed by atoms with Crippen molar-refractivity contribution in [1.82, 2.24) is 15.0 Å². The molecule has 0 spiro atoms. The maximum absolute atomic E-state index is 12.6. The molecule has 6 rings (SSSR count). The summed E-state index contributed by atoms with van der Waals surface area (Å²) >= 11 is 0. The molecule has 29 heavy (non-hydrogen) atoms. The number of carbonyl (C=O) groups excluding carboxylic acids is 1. The number of benzene rings is 1. The third kappa shape index (κ3) is 2.35. The Hall–Kier alpha value is -1.97. The molecule has 0 N–H and O–H groups in total. The molecule has 3 saturated carbocycles. The Morgan fingerprint density at radius 1 is 0.931 bits per heavy atom. The maximum Gasteiger partial charge on any atom is 0.139 e. The molecular weight excluding hydrogens is 358 g/mol. The standard InChI is InChI=1S/C25H31N3O/c1-24-15-13-21-23(27-28(26-21)16-6-4-3-5-7-16)20(24)9-8-17-18-10-11-22(29)25(18,2)14-12-19(17)24/h3-7,17-20H,8-15H2,1-2H3/t17-,18-,19-,20-,24+,25-/m0/s1. The van der Waals surface area contributed by atoms with Gasteiger partial charge in [-0.3, -0.25) is 4.79 Å². The van der Waals surface area contributed by atoms with Gasteiger partial charge in [0, 0.05) is 17.8 Å². The summed E-state index contributed by atoms with van der Waals surface area (Å²) in [4.78, 5) is 14.5. The van der Waals surface area contributed by atoms with Crippen molar-refractivity contribution in [3.63, 3.8) is 0 Å². The highest BCUT2D eigenvalue weighted by Gasteiger charge is 2.60. The largest absolute Gasteiger partial charge is 0.299 e. The van der Waals surface area contributed by atoms with Crippen molar-refractivity contribution >= 4 is 5.78 Å². The molecular formula is C25H31N3O. The average molecular weight is 390 g/mol. The van der Waals surface area contributed by atoms with E-state index in [1.807, 2.05) is 10.9 Å². The molecule has 3 fully saturated rings. The predicted molar refractivity (Wildman–Crippen MR) is 112 cm³/mol. The summed E-state index contributed by atoms with van der Waals surface area (Å²) in [6.45, 7) is 4.82. The lowest BCUT2D eigenvalue weighted by Crippen LogP contribution is -2.52. The minimum atomic E-state index is -0.0271. The Morgan fingerprint density at radius 3 is 2.59 bits per heavy atom. The van der Waals surface area contributed by atoms with Crippen LogP contribution in [0.25, 0.3) is 5.69 Å². The predicted octanol–water partition coefficient (Wildman–Crippen LogP) is 5.11. The van der Waals surface area contributed by atoms with E-state index in [2.05, 4.69) is 38.1 Å². The lowest BCUT2D eigenvalue weighted by atomic mass is 9.45.